The number of methoxy groups -OCH3 is 1. The van der Waals surface area contributed by atoms with Crippen molar-refractivity contribution < 1.29 is 18.5 Å². The summed E-state index contributed by atoms with van der Waals surface area (Å²) in [4.78, 5) is 17.0. The maximum atomic E-state index is 12.7. The molecule has 1 unspecified atom stereocenters. The van der Waals surface area contributed by atoms with Crippen LogP contribution in [0.1, 0.15) is 25.8 Å². The van der Waals surface area contributed by atoms with E-state index in [0.29, 0.717) is 0 Å². The zero-order valence-corrected chi connectivity index (χ0v) is 20.3. The average Bonchev–Trinajstić information content (AvgIpc) is 3.28. The molecule has 7 nitrogen and oxygen atoms in total. The van der Waals surface area contributed by atoms with Crippen LogP contribution in [0.2, 0.25) is 0 Å². The highest BCUT2D eigenvalue weighted by Gasteiger charge is 2.34. The highest BCUT2D eigenvalue weighted by molar-refractivity contribution is 7.93. The van der Waals surface area contributed by atoms with E-state index < -0.39 is 5.41 Å². The van der Waals surface area contributed by atoms with Gasteiger partial charge < -0.3 is 19.3 Å². The van der Waals surface area contributed by atoms with Crippen molar-refractivity contribution in [2.45, 2.75) is 32.8 Å². The number of ether oxygens (including phenoxy) is 2. The van der Waals surface area contributed by atoms with Crippen molar-refractivity contribution in [3.8, 4) is 5.75 Å². The Morgan fingerprint density at radius 3 is 2.74 bits per heavy atom. The molecule has 8 heteroatoms. The second-order valence-electron chi connectivity index (χ2n) is 9.22. The fourth-order valence-corrected chi connectivity index (χ4v) is 4.43. The third kappa shape index (κ3) is 6.16. The molecule has 2 aromatic rings. The summed E-state index contributed by atoms with van der Waals surface area (Å²) < 4.78 is 19.1. The lowest BCUT2D eigenvalue weighted by Crippen LogP contribution is -2.34. The van der Waals surface area contributed by atoms with Gasteiger partial charge in [-0.15, -0.1) is 0 Å². The fraction of sp³-hybridized carbons (Fsp3) is 0.609. The Labute approximate surface area is 189 Å². The number of esters is 1. The predicted octanol–water partition coefficient (Wildman–Crippen LogP) is 3.46. The van der Waals surface area contributed by atoms with Gasteiger partial charge in [-0.3, -0.25) is 13.0 Å². The molecule has 1 atom stereocenters. The summed E-state index contributed by atoms with van der Waals surface area (Å²) >= 11 is 1.24. The molecule has 2 heterocycles. The summed E-state index contributed by atoms with van der Waals surface area (Å²) in [6.07, 6.45) is 3.92. The second-order valence-corrected chi connectivity index (χ2v) is 9.99. The van der Waals surface area contributed by atoms with Crippen molar-refractivity contribution in [3.63, 3.8) is 0 Å². The van der Waals surface area contributed by atoms with Gasteiger partial charge in [-0.2, -0.15) is 0 Å². The summed E-state index contributed by atoms with van der Waals surface area (Å²) in [5.74, 6) is 0.594. The first-order valence-corrected chi connectivity index (χ1v) is 11.4. The first-order valence-electron chi connectivity index (χ1n) is 10.7. The monoisotopic (exact) mass is 449 g/mol. The molecule has 172 valence electrons. The van der Waals surface area contributed by atoms with E-state index in [-0.39, 0.29) is 18.7 Å². The summed E-state index contributed by atoms with van der Waals surface area (Å²) in [5.41, 5.74) is 1.57. The third-order valence-electron chi connectivity index (χ3n) is 5.62. The highest BCUT2D eigenvalue weighted by Crippen LogP contribution is 2.31. The number of likely N-dealkylation sites (tertiary alicyclic amines) is 1. The van der Waals surface area contributed by atoms with E-state index in [2.05, 4.69) is 36.2 Å². The van der Waals surface area contributed by atoms with Crippen LogP contribution < -0.4 is 4.74 Å². The lowest BCUT2D eigenvalue weighted by atomic mass is 9.95. The van der Waals surface area contributed by atoms with Crippen LogP contribution in [0.15, 0.2) is 24.4 Å². The lowest BCUT2D eigenvalue weighted by Gasteiger charge is -2.24. The zero-order chi connectivity index (χ0) is 22.6. The van der Waals surface area contributed by atoms with Gasteiger partial charge >= 0.3 is 5.97 Å². The quantitative estimate of drug-likeness (QED) is 0.407. The van der Waals surface area contributed by atoms with Gasteiger partial charge in [0.25, 0.3) is 0 Å². The Bertz CT molecular complexity index is 896. The minimum absolute atomic E-state index is 0.0236. The molecule has 0 spiro atoms. The number of benzene rings is 1. The van der Waals surface area contributed by atoms with E-state index in [4.69, 9.17) is 13.7 Å². The van der Waals surface area contributed by atoms with Crippen LogP contribution >= 0.6 is 12.2 Å². The summed E-state index contributed by atoms with van der Waals surface area (Å²) in [7, 11) is 7.86. The molecule has 0 bridgehead atoms. The molecule has 0 aliphatic carbocycles. The highest BCUT2D eigenvalue weighted by atomic mass is 32.2. The number of carbonyl (C=O) groups excluding carboxylic acids is 1. The number of fused-ring (bicyclic) bond motifs is 1. The number of nitrogens with zero attached hydrogens (tertiary/aromatic N) is 3. The van der Waals surface area contributed by atoms with E-state index in [1.807, 2.05) is 37.0 Å². The van der Waals surface area contributed by atoms with E-state index in [9.17, 15) is 4.79 Å². The molecule has 0 radical (unpaired) electrons. The van der Waals surface area contributed by atoms with Crippen molar-refractivity contribution in [2.75, 3.05) is 54.5 Å². The predicted molar refractivity (Wildman–Crippen MR) is 125 cm³/mol. The molecule has 0 amide bonds. The number of carbonyl (C=O) groups is 1. The van der Waals surface area contributed by atoms with Gasteiger partial charge in [0, 0.05) is 37.3 Å². The average molecular weight is 450 g/mol. The molecule has 1 aliphatic heterocycles. The van der Waals surface area contributed by atoms with Crippen molar-refractivity contribution in [1.82, 2.24) is 13.8 Å². The van der Waals surface area contributed by atoms with Crippen LogP contribution in [0.5, 0.6) is 5.75 Å². The van der Waals surface area contributed by atoms with Crippen LogP contribution in [0.25, 0.3) is 10.9 Å². The molecule has 1 fully saturated rings. The number of hydrogen-bond donors (Lipinski definition) is 0. The molecule has 1 aromatic carbocycles. The molecule has 0 N–H and O–H groups in total. The van der Waals surface area contributed by atoms with Crippen molar-refractivity contribution >= 4 is 29.1 Å². The summed E-state index contributed by atoms with van der Waals surface area (Å²) in [6, 6.07) is 6.09. The van der Waals surface area contributed by atoms with Gasteiger partial charge in [-0.1, -0.05) is 0 Å². The molecular formula is C23H35N3O4S. The Morgan fingerprint density at radius 2 is 2.10 bits per heavy atom. The Morgan fingerprint density at radius 1 is 1.32 bits per heavy atom. The van der Waals surface area contributed by atoms with E-state index in [1.165, 1.54) is 23.2 Å². The van der Waals surface area contributed by atoms with Crippen molar-refractivity contribution in [2.24, 2.45) is 5.41 Å². The van der Waals surface area contributed by atoms with Crippen LogP contribution in [-0.4, -0.2) is 80.3 Å². The smallest absolute Gasteiger partial charge is 0.314 e. The molecule has 31 heavy (non-hydrogen) atoms. The molecule has 1 aliphatic rings. The Balaban J connectivity index is 1.65. The van der Waals surface area contributed by atoms with Crippen LogP contribution in [0, 0.1) is 5.41 Å². The number of likely N-dealkylation sites (N-methyl/N-ethyl adjacent to an activating group) is 2. The molecule has 1 saturated heterocycles. The van der Waals surface area contributed by atoms with E-state index in [0.717, 1.165) is 43.7 Å². The van der Waals surface area contributed by atoms with E-state index in [1.54, 1.807) is 7.11 Å². The first-order chi connectivity index (χ1) is 14.7. The lowest BCUT2D eigenvalue weighted by molar-refractivity contribution is -0.160. The Hall–Kier alpha value is -1.74. The molecule has 0 saturated carbocycles. The van der Waals surface area contributed by atoms with Gasteiger partial charge in [-0.25, -0.2) is 0 Å². The van der Waals surface area contributed by atoms with Gasteiger partial charge in [0.05, 0.1) is 24.6 Å². The number of rotatable bonds is 10. The summed E-state index contributed by atoms with van der Waals surface area (Å²) in [6.45, 7) is 6.72. The minimum atomic E-state index is -0.720. The van der Waals surface area contributed by atoms with Crippen LogP contribution in [-0.2, 0) is 20.1 Å². The van der Waals surface area contributed by atoms with E-state index >= 15 is 0 Å². The topological polar surface area (TPSA) is 56.2 Å². The van der Waals surface area contributed by atoms with Crippen molar-refractivity contribution in [1.29, 1.82) is 0 Å². The largest absolute Gasteiger partial charge is 0.497 e. The van der Waals surface area contributed by atoms with Crippen LogP contribution in [0.3, 0.4) is 0 Å². The molecular weight excluding hydrogens is 414 g/mol. The SMILES string of the molecule is COc1ccc2c(CCN(C)C)cn(SOCC(C)(C)C(=O)OC3CCN(C)C3)c2c1. The number of hydrogen-bond acceptors (Lipinski definition) is 7. The van der Waals surface area contributed by atoms with Crippen molar-refractivity contribution in [3.05, 3.63) is 30.0 Å². The normalized spacial score (nSPS) is 17.6. The van der Waals surface area contributed by atoms with Gasteiger partial charge in [-0.05, 0) is 65.5 Å². The maximum Gasteiger partial charge on any atom is 0.314 e. The second kappa shape index (κ2) is 10.3. The zero-order valence-electron chi connectivity index (χ0n) is 19.5. The van der Waals surface area contributed by atoms with Gasteiger partial charge in [0.2, 0.25) is 0 Å². The van der Waals surface area contributed by atoms with Gasteiger partial charge in [0.1, 0.15) is 24.1 Å². The van der Waals surface area contributed by atoms with Gasteiger partial charge in [0.15, 0.2) is 0 Å². The van der Waals surface area contributed by atoms with Crippen LogP contribution in [0.4, 0.5) is 0 Å². The minimum Gasteiger partial charge on any atom is -0.497 e. The maximum absolute atomic E-state index is 12.7. The standard InChI is InChI=1S/C23H35N3O4S/c1-23(2,22(27)30-19-10-12-25(5)15-19)16-29-31-26-14-17(9-11-24(3)4)20-8-7-18(28-6)13-21(20)26/h7-8,13-14,19H,9-12,15-16H2,1-6H3. The first kappa shape index (κ1) is 23.9. The summed E-state index contributed by atoms with van der Waals surface area (Å²) in [5, 5.41) is 1.18. The fourth-order valence-electron chi connectivity index (χ4n) is 3.57. The molecule has 3 rings (SSSR count). The third-order valence-corrected chi connectivity index (χ3v) is 6.30. The number of aromatic nitrogens is 1. The molecule has 1 aromatic heterocycles. The Kier molecular flexibility index (Phi) is 7.91.